The fourth-order valence-corrected chi connectivity index (χ4v) is 4.18. The first kappa shape index (κ1) is 13.8. The molecule has 0 bridgehead atoms. The summed E-state index contributed by atoms with van der Waals surface area (Å²) < 4.78 is 5.43. The van der Waals surface area contributed by atoms with E-state index in [2.05, 4.69) is 42.6 Å². The number of furan rings is 1. The quantitative estimate of drug-likeness (QED) is 0.885. The molecule has 2 nitrogen and oxygen atoms in total. The van der Waals surface area contributed by atoms with Crippen molar-refractivity contribution in [3.05, 3.63) is 53.5 Å². The summed E-state index contributed by atoms with van der Waals surface area (Å²) in [6.07, 6.45) is 4.09. The predicted molar refractivity (Wildman–Crippen MR) is 84.3 cm³/mol. The summed E-state index contributed by atoms with van der Waals surface area (Å²) in [4.78, 5) is 1.27. The van der Waals surface area contributed by atoms with Gasteiger partial charge in [0.15, 0.2) is 0 Å². The molecule has 0 aliphatic heterocycles. The normalized spacial score (nSPS) is 21.1. The van der Waals surface area contributed by atoms with Gasteiger partial charge in [-0.3, -0.25) is 0 Å². The van der Waals surface area contributed by atoms with Crippen LogP contribution in [0.4, 0.5) is 0 Å². The molecule has 0 fully saturated rings. The van der Waals surface area contributed by atoms with Gasteiger partial charge in [-0.05, 0) is 43.5 Å². The summed E-state index contributed by atoms with van der Waals surface area (Å²) in [5, 5.41) is 4.27. The number of hydrogen-bond donors (Lipinski definition) is 1. The molecular formula is C17H21NOS. The molecule has 1 aliphatic carbocycles. The van der Waals surface area contributed by atoms with E-state index in [0.717, 1.165) is 18.7 Å². The zero-order chi connectivity index (χ0) is 13.9. The van der Waals surface area contributed by atoms with Gasteiger partial charge in [0.05, 0.1) is 6.26 Å². The Bertz CT molecular complexity index is 578. The van der Waals surface area contributed by atoms with Crippen LogP contribution in [0.15, 0.2) is 45.9 Å². The Morgan fingerprint density at radius 3 is 2.90 bits per heavy atom. The van der Waals surface area contributed by atoms with Crippen molar-refractivity contribution in [2.24, 2.45) is 0 Å². The highest BCUT2D eigenvalue weighted by Crippen LogP contribution is 2.42. The van der Waals surface area contributed by atoms with Crippen molar-refractivity contribution in [3.63, 3.8) is 0 Å². The fourth-order valence-electron chi connectivity index (χ4n) is 2.87. The predicted octanol–water partition coefficient (Wildman–Crippen LogP) is 4.35. The topological polar surface area (TPSA) is 25.2 Å². The van der Waals surface area contributed by atoms with E-state index in [1.54, 1.807) is 6.26 Å². The Kier molecular flexibility index (Phi) is 4.18. The van der Waals surface area contributed by atoms with E-state index in [9.17, 15) is 0 Å². The summed E-state index contributed by atoms with van der Waals surface area (Å²) in [7, 11) is 0. The molecule has 0 radical (unpaired) electrons. The van der Waals surface area contributed by atoms with Crippen molar-refractivity contribution >= 4 is 11.8 Å². The summed E-state index contributed by atoms with van der Waals surface area (Å²) >= 11 is 1.94. The second-order valence-corrected chi connectivity index (χ2v) is 6.61. The lowest BCUT2D eigenvalue weighted by molar-refractivity contribution is 0.524. The minimum atomic E-state index is 0.449. The first-order chi connectivity index (χ1) is 9.79. The van der Waals surface area contributed by atoms with Crippen molar-refractivity contribution in [2.45, 2.75) is 42.9 Å². The van der Waals surface area contributed by atoms with E-state index in [4.69, 9.17) is 4.42 Å². The highest BCUT2D eigenvalue weighted by Gasteiger charge is 2.32. The lowest BCUT2D eigenvalue weighted by Crippen LogP contribution is -2.27. The monoisotopic (exact) mass is 287 g/mol. The molecule has 3 rings (SSSR count). The highest BCUT2D eigenvalue weighted by molar-refractivity contribution is 8.00. The molecule has 0 saturated heterocycles. The molecule has 2 unspecified atom stereocenters. The third-order valence-electron chi connectivity index (χ3n) is 3.89. The van der Waals surface area contributed by atoms with Gasteiger partial charge in [-0.15, -0.1) is 11.8 Å². The molecule has 1 aromatic heterocycles. The van der Waals surface area contributed by atoms with Gasteiger partial charge < -0.3 is 9.73 Å². The number of fused-ring (bicyclic) bond motifs is 1. The van der Waals surface area contributed by atoms with Crippen molar-refractivity contribution in [1.29, 1.82) is 0 Å². The van der Waals surface area contributed by atoms with Crippen LogP contribution in [0.5, 0.6) is 0 Å². The van der Waals surface area contributed by atoms with E-state index >= 15 is 0 Å². The number of rotatable bonds is 5. The number of nitrogens with one attached hydrogen (secondary N) is 1. The molecule has 20 heavy (non-hydrogen) atoms. The summed E-state index contributed by atoms with van der Waals surface area (Å²) in [5.41, 5.74) is 2.96. The molecule has 0 saturated carbocycles. The van der Waals surface area contributed by atoms with Gasteiger partial charge in [-0.1, -0.05) is 31.2 Å². The van der Waals surface area contributed by atoms with E-state index < -0.39 is 0 Å². The molecule has 1 heterocycles. The molecule has 1 aromatic carbocycles. The van der Waals surface area contributed by atoms with E-state index in [1.165, 1.54) is 22.4 Å². The van der Waals surface area contributed by atoms with Crippen LogP contribution in [0.25, 0.3) is 0 Å². The Balaban J connectivity index is 1.82. The Hall–Kier alpha value is -1.19. The van der Waals surface area contributed by atoms with Gasteiger partial charge in [-0.2, -0.15) is 0 Å². The van der Waals surface area contributed by atoms with Gasteiger partial charge in [0.2, 0.25) is 0 Å². The molecule has 3 heteroatoms. The second-order valence-electron chi connectivity index (χ2n) is 5.33. The molecular weight excluding hydrogens is 266 g/mol. The molecule has 2 atom stereocenters. The maximum atomic E-state index is 5.43. The van der Waals surface area contributed by atoms with Gasteiger partial charge >= 0.3 is 0 Å². The van der Waals surface area contributed by atoms with Crippen molar-refractivity contribution in [3.8, 4) is 0 Å². The van der Waals surface area contributed by atoms with Crippen LogP contribution >= 0.6 is 11.8 Å². The largest absolute Gasteiger partial charge is 0.468 e. The highest BCUT2D eigenvalue weighted by atomic mass is 32.2. The van der Waals surface area contributed by atoms with Crippen LogP contribution in [0, 0.1) is 6.92 Å². The van der Waals surface area contributed by atoms with Gasteiger partial charge in [-0.25, -0.2) is 0 Å². The lowest BCUT2D eigenvalue weighted by Gasteiger charge is -2.21. The summed E-state index contributed by atoms with van der Waals surface area (Å²) in [6, 6.07) is 11.4. The average molecular weight is 287 g/mol. The van der Waals surface area contributed by atoms with Crippen LogP contribution in [-0.2, 0) is 6.42 Å². The maximum Gasteiger partial charge on any atom is 0.114 e. The number of aryl methyl sites for hydroxylation is 1. The number of benzene rings is 1. The summed E-state index contributed by atoms with van der Waals surface area (Å²) in [5.74, 6) is 1.03. The minimum Gasteiger partial charge on any atom is -0.468 e. The zero-order valence-electron chi connectivity index (χ0n) is 12.1. The van der Waals surface area contributed by atoms with Crippen molar-refractivity contribution in [1.82, 2.24) is 5.32 Å². The van der Waals surface area contributed by atoms with Crippen molar-refractivity contribution < 1.29 is 4.42 Å². The van der Waals surface area contributed by atoms with Crippen LogP contribution < -0.4 is 5.32 Å². The van der Waals surface area contributed by atoms with E-state index in [-0.39, 0.29) is 0 Å². The average Bonchev–Trinajstić information content (AvgIpc) is 3.01. The van der Waals surface area contributed by atoms with E-state index in [1.807, 2.05) is 18.7 Å². The SMILES string of the molecule is CCCNC1c2ccccc2CC1Sc1ccoc1C. The molecule has 0 amide bonds. The van der Waals surface area contributed by atoms with Gasteiger partial charge in [0, 0.05) is 16.2 Å². The molecule has 1 aliphatic rings. The minimum absolute atomic E-state index is 0.449. The van der Waals surface area contributed by atoms with Gasteiger partial charge in [0.1, 0.15) is 5.76 Å². The third-order valence-corrected chi connectivity index (χ3v) is 5.31. The molecule has 0 spiro atoms. The Labute approximate surface area is 125 Å². The fraction of sp³-hybridized carbons (Fsp3) is 0.412. The maximum absolute atomic E-state index is 5.43. The second kappa shape index (κ2) is 6.06. The van der Waals surface area contributed by atoms with Crippen LogP contribution in [0.3, 0.4) is 0 Å². The molecule has 106 valence electrons. The Morgan fingerprint density at radius 2 is 2.15 bits per heavy atom. The standard InChI is InChI=1S/C17H21NOS/c1-3-9-18-17-14-7-5-4-6-13(14)11-16(17)20-15-8-10-19-12(15)2/h4-8,10,16-18H,3,9,11H2,1-2H3. The van der Waals surface area contributed by atoms with E-state index in [0.29, 0.717) is 11.3 Å². The number of hydrogen-bond acceptors (Lipinski definition) is 3. The lowest BCUT2D eigenvalue weighted by atomic mass is 10.1. The molecule has 1 N–H and O–H groups in total. The smallest absolute Gasteiger partial charge is 0.114 e. The van der Waals surface area contributed by atoms with Crippen molar-refractivity contribution in [2.75, 3.05) is 6.54 Å². The van der Waals surface area contributed by atoms with Crippen LogP contribution in [0.1, 0.15) is 36.3 Å². The van der Waals surface area contributed by atoms with Gasteiger partial charge in [0.25, 0.3) is 0 Å². The van der Waals surface area contributed by atoms with Crippen LogP contribution in [-0.4, -0.2) is 11.8 Å². The van der Waals surface area contributed by atoms with Crippen LogP contribution in [0.2, 0.25) is 0 Å². The third kappa shape index (κ3) is 2.65. The summed E-state index contributed by atoms with van der Waals surface area (Å²) in [6.45, 7) is 5.33. The Morgan fingerprint density at radius 1 is 1.30 bits per heavy atom. The first-order valence-corrected chi connectivity index (χ1v) is 8.19. The number of thioether (sulfide) groups is 1. The first-order valence-electron chi connectivity index (χ1n) is 7.31. The molecule has 2 aromatic rings. The zero-order valence-corrected chi connectivity index (χ0v) is 12.9.